The van der Waals surface area contributed by atoms with E-state index in [1.54, 1.807) is 11.3 Å². The van der Waals surface area contributed by atoms with Crippen LogP contribution in [0.25, 0.3) is 0 Å². The first-order valence-electron chi connectivity index (χ1n) is 5.00. The first-order valence-corrected chi connectivity index (χ1v) is 6.67. The fraction of sp³-hybridized carbons (Fsp3) is 0.500. The predicted molar refractivity (Wildman–Crippen MR) is 64.9 cm³/mol. The molecule has 0 radical (unpaired) electrons. The smallest absolute Gasteiger partial charge is 0.237 e. The zero-order valence-electron chi connectivity index (χ0n) is 8.25. The van der Waals surface area contributed by atoms with Gasteiger partial charge in [0.1, 0.15) is 0 Å². The third-order valence-electron chi connectivity index (χ3n) is 2.47. The van der Waals surface area contributed by atoms with Crippen molar-refractivity contribution in [3.05, 3.63) is 20.8 Å². The standard InChI is InChI=1S/C10H13BrN2OS/c11-9-4-7(6-15-9)5-13-10(14)8-2-1-3-12-8/h4,6,8,12H,1-3,5H2,(H,13,14)/t8-/m0/s1. The number of hydrogen-bond donors (Lipinski definition) is 2. The Morgan fingerprint density at radius 2 is 2.60 bits per heavy atom. The third kappa shape index (κ3) is 3.03. The van der Waals surface area contributed by atoms with Crippen LogP contribution in [-0.2, 0) is 11.3 Å². The van der Waals surface area contributed by atoms with E-state index >= 15 is 0 Å². The minimum absolute atomic E-state index is 0.0204. The van der Waals surface area contributed by atoms with Gasteiger partial charge in [-0.1, -0.05) is 0 Å². The molecule has 0 aliphatic carbocycles. The van der Waals surface area contributed by atoms with Crippen LogP contribution in [0.3, 0.4) is 0 Å². The fourth-order valence-electron chi connectivity index (χ4n) is 1.66. The predicted octanol–water partition coefficient (Wildman–Crippen LogP) is 1.88. The molecule has 0 saturated carbocycles. The minimum atomic E-state index is 0.0204. The molecule has 0 aromatic carbocycles. The number of carbonyl (C=O) groups is 1. The molecule has 2 rings (SSSR count). The molecule has 1 aliphatic rings. The van der Waals surface area contributed by atoms with Crippen molar-refractivity contribution in [2.24, 2.45) is 0 Å². The van der Waals surface area contributed by atoms with Gasteiger partial charge in [-0.25, -0.2) is 0 Å². The monoisotopic (exact) mass is 288 g/mol. The van der Waals surface area contributed by atoms with Gasteiger partial charge in [-0.2, -0.15) is 0 Å². The molecule has 1 atom stereocenters. The Morgan fingerprint density at radius 3 is 3.20 bits per heavy atom. The topological polar surface area (TPSA) is 41.1 Å². The van der Waals surface area contributed by atoms with Crippen molar-refractivity contribution < 1.29 is 4.79 Å². The van der Waals surface area contributed by atoms with Gasteiger partial charge in [0.2, 0.25) is 5.91 Å². The molecule has 1 aromatic rings. The average molecular weight is 289 g/mol. The number of nitrogens with one attached hydrogen (secondary N) is 2. The van der Waals surface area contributed by atoms with Crippen molar-refractivity contribution in [2.45, 2.75) is 25.4 Å². The molecular weight excluding hydrogens is 276 g/mol. The lowest BCUT2D eigenvalue weighted by molar-refractivity contribution is -0.122. The maximum Gasteiger partial charge on any atom is 0.237 e. The third-order valence-corrected chi connectivity index (χ3v) is 4.02. The van der Waals surface area contributed by atoms with Gasteiger partial charge in [0, 0.05) is 6.54 Å². The molecule has 82 valence electrons. The van der Waals surface area contributed by atoms with Gasteiger partial charge in [0.05, 0.1) is 9.83 Å². The summed E-state index contributed by atoms with van der Waals surface area (Å²) >= 11 is 5.04. The Labute approximate surface area is 101 Å². The Kier molecular flexibility index (Phi) is 3.77. The summed E-state index contributed by atoms with van der Waals surface area (Å²) in [4.78, 5) is 11.6. The summed E-state index contributed by atoms with van der Waals surface area (Å²) in [6.07, 6.45) is 2.06. The molecule has 3 nitrogen and oxygen atoms in total. The van der Waals surface area contributed by atoms with Gasteiger partial charge in [0.25, 0.3) is 0 Å². The Balaban J connectivity index is 1.80. The van der Waals surface area contributed by atoms with Crippen molar-refractivity contribution in [3.63, 3.8) is 0 Å². The molecule has 5 heteroatoms. The average Bonchev–Trinajstić information content (AvgIpc) is 2.84. The van der Waals surface area contributed by atoms with Crippen LogP contribution in [0.2, 0.25) is 0 Å². The summed E-state index contributed by atoms with van der Waals surface area (Å²) in [6, 6.07) is 2.06. The van der Waals surface area contributed by atoms with E-state index in [4.69, 9.17) is 0 Å². The van der Waals surface area contributed by atoms with Crippen LogP contribution in [-0.4, -0.2) is 18.5 Å². The zero-order valence-corrected chi connectivity index (χ0v) is 10.7. The largest absolute Gasteiger partial charge is 0.351 e. The number of rotatable bonds is 3. The van der Waals surface area contributed by atoms with E-state index in [1.807, 2.05) is 11.4 Å². The Bertz CT molecular complexity index is 347. The second kappa shape index (κ2) is 5.09. The molecule has 0 unspecified atom stereocenters. The van der Waals surface area contributed by atoms with Crippen LogP contribution in [0.5, 0.6) is 0 Å². The molecule has 15 heavy (non-hydrogen) atoms. The van der Waals surface area contributed by atoms with E-state index in [0.29, 0.717) is 6.54 Å². The first kappa shape index (κ1) is 11.1. The van der Waals surface area contributed by atoms with Crippen molar-refractivity contribution >= 4 is 33.2 Å². The number of halogens is 1. The SMILES string of the molecule is O=C(NCc1csc(Br)c1)[C@@H]1CCCN1. The lowest BCUT2D eigenvalue weighted by Crippen LogP contribution is -2.39. The fourth-order valence-corrected chi connectivity index (χ4v) is 2.87. The van der Waals surface area contributed by atoms with Crippen LogP contribution in [0.1, 0.15) is 18.4 Å². The van der Waals surface area contributed by atoms with Crippen LogP contribution >= 0.6 is 27.3 Å². The Hall–Kier alpha value is -0.390. The molecule has 1 saturated heterocycles. The molecule has 2 N–H and O–H groups in total. The molecule has 1 fully saturated rings. The van der Waals surface area contributed by atoms with E-state index in [1.165, 1.54) is 0 Å². The maximum atomic E-state index is 11.6. The first-order chi connectivity index (χ1) is 7.25. The highest BCUT2D eigenvalue weighted by Crippen LogP contribution is 2.20. The van der Waals surface area contributed by atoms with Gasteiger partial charge in [-0.05, 0) is 52.3 Å². The normalized spacial score (nSPS) is 20.5. The van der Waals surface area contributed by atoms with Gasteiger partial charge >= 0.3 is 0 Å². The van der Waals surface area contributed by atoms with Crippen molar-refractivity contribution in [2.75, 3.05) is 6.54 Å². The molecule has 0 bridgehead atoms. The van der Waals surface area contributed by atoms with Crippen molar-refractivity contribution in [3.8, 4) is 0 Å². The minimum Gasteiger partial charge on any atom is -0.351 e. The molecule has 2 heterocycles. The molecule has 0 spiro atoms. The number of amides is 1. The summed E-state index contributed by atoms with van der Waals surface area (Å²) in [5, 5.41) is 8.17. The van der Waals surface area contributed by atoms with E-state index in [2.05, 4.69) is 26.6 Å². The Morgan fingerprint density at radius 1 is 1.73 bits per heavy atom. The van der Waals surface area contributed by atoms with Crippen LogP contribution in [0.4, 0.5) is 0 Å². The summed E-state index contributed by atoms with van der Waals surface area (Å²) in [7, 11) is 0. The van der Waals surface area contributed by atoms with E-state index in [9.17, 15) is 4.79 Å². The number of hydrogen-bond acceptors (Lipinski definition) is 3. The summed E-state index contributed by atoms with van der Waals surface area (Å²) < 4.78 is 1.10. The summed E-state index contributed by atoms with van der Waals surface area (Å²) in [5.74, 6) is 0.120. The van der Waals surface area contributed by atoms with Crippen LogP contribution in [0.15, 0.2) is 15.2 Å². The van der Waals surface area contributed by atoms with Crippen molar-refractivity contribution in [1.29, 1.82) is 0 Å². The lowest BCUT2D eigenvalue weighted by atomic mass is 10.2. The summed E-state index contributed by atoms with van der Waals surface area (Å²) in [5.41, 5.74) is 1.15. The van der Waals surface area contributed by atoms with Crippen molar-refractivity contribution in [1.82, 2.24) is 10.6 Å². The highest BCUT2D eigenvalue weighted by atomic mass is 79.9. The molecule has 1 aliphatic heterocycles. The zero-order chi connectivity index (χ0) is 10.7. The van der Waals surface area contributed by atoms with Gasteiger partial charge in [0.15, 0.2) is 0 Å². The molecule has 1 amide bonds. The van der Waals surface area contributed by atoms with Gasteiger partial charge < -0.3 is 10.6 Å². The second-order valence-corrected chi connectivity index (χ2v) is 5.92. The molecular formula is C10H13BrN2OS. The lowest BCUT2D eigenvalue weighted by Gasteiger charge is -2.09. The highest BCUT2D eigenvalue weighted by Gasteiger charge is 2.21. The quantitative estimate of drug-likeness (QED) is 0.892. The molecule has 1 aromatic heterocycles. The van der Waals surface area contributed by atoms with Crippen LogP contribution in [0, 0.1) is 0 Å². The van der Waals surface area contributed by atoms with E-state index in [-0.39, 0.29) is 11.9 Å². The summed E-state index contributed by atoms with van der Waals surface area (Å²) in [6.45, 7) is 1.58. The van der Waals surface area contributed by atoms with Crippen LogP contribution < -0.4 is 10.6 Å². The van der Waals surface area contributed by atoms with E-state index < -0.39 is 0 Å². The number of thiophene rings is 1. The highest BCUT2D eigenvalue weighted by molar-refractivity contribution is 9.11. The number of carbonyl (C=O) groups excluding carboxylic acids is 1. The maximum absolute atomic E-state index is 11.6. The van der Waals surface area contributed by atoms with Gasteiger partial charge in [-0.15, -0.1) is 11.3 Å². The van der Waals surface area contributed by atoms with Gasteiger partial charge in [-0.3, -0.25) is 4.79 Å². The van der Waals surface area contributed by atoms with E-state index in [0.717, 1.165) is 28.7 Å². The second-order valence-electron chi connectivity index (χ2n) is 3.63.